The molecule has 2 atom stereocenters. The Balaban J connectivity index is 2.49. The second-order valence-electron chi connectivity index (χ2n) is 3.67. The number of likely N-dealkylation sites (tertiary alicyclic amines) is 1. The molecule has 0 aromatic rings. The minimum atomic E-state index is -0.443. The summed E-state index contributed by atoms with van der Waals surface area (Å²) >= 11 is 0. The van der Waals surface area contributed by atoms with Crippen LogP contribution in [-0.2, 0) is 19.1 Å². The third-order valence-electron chi connectivity index (χ3n) is 2.74. The molecule has 1 heterocycles. The van der Waals surface area contributed by atoms with Crippen molar-refractivity contribution in [3.8, 4) is 0 Å². The van der Waals surface area contributed by atoms with Gasteiger partial charge in [0.25, 0.3) is 5.91 Å². The largest absolute Gasteiger partial charge is 0.469 e. The average molecular weight is 215 g/mol. The third kappa shape index (κ3) is 2.68. The minimum absolute atomic E-state index is 0.0658. The number of hydrogen-bond donors (Lipinski definition) is 0. The first kappa shape index (κ1) is 12.0. The zero-order chi connectivity index (χ0) is 11.4. The van der Waals surface area contributed by atoms with E-state index in [-0.39, 0.29) is 17.8 Å². The molecule has 15 heavy (non-hydrogen) atoms. The van der Waals surface area contributed by atoms with Crippen LogP contribution in [0.3, 0.4) is 0 Å². The van der Waals surface area contributed by atoms with E-state index in [4.69, 9.17) is 4.74 Å². The lowest BCUT2D eigenvalue weighted by Crippen LogP contribution is -2.37. The third-order valence-corrected chi connectivity index (χ3v) is 2.74. The molecule has 0 saturated carbocycles. The molecule has 0 N–H and O–H groups in total. The highest BCUT2D eigenvalue weighted by molar-refractivity contribution is 5.82. The molecule has 1 fully saturated rings. The van der Waals surface area contributed by atoms with Gasteiger partial charge in [0, 0.05) is 20.2 Å². The first-order chi connectivity index (χ1) is 7.10. The summed E-state index contributed by atoms with van der Waals surface area (Å²) < 4.78 is 9.58. The van der Waals surface area contributed by atoms with Crippen LogP contribution in [0.1, 0.15) is 13.3 Å². The lowest BCUT2D eigenvalue weighted by Gasteiger charge is -2.19. The van der Waals surface area contributed by atoms with Crippen LogP contribution in [0.25, 0.3) is 0 Å². The monoisotopic (exact) mass is 215 g/mol. The van der Waals surface area contributed by atoms with Crippen molar-refractivity contribution >= 4 is 11.9 Å². The summed E-state index contributed by atoms with van der Waals surface area (Å²) in [6.45, 7) is 2.75. The van der Waals surface area contributed by atoms with Gasteiger partial charge >= 0.3 is 5.97 Å². The van der Waals surface area contributed by atoms with Gasteiger partial charge in [-0.25, -0.2) is 0 Å². The van der Waals surface area contributed by atoms with E-state index in [0.717, 1.165) is 0 Å². The summed E-state index contributed by atoms with van der Waals surface area (Å²) in [4.78, 5) is 24.6. The Morgan fingerprint density at radius 2 is 2.07 bits per heavy atom. The van der Waals surface area contributed by atoms with Crippen LogP contribution in [0, 0.1) is 5.92 Å². The van der Waals surface area contributed by atoms with Crippen LogP contribution in [0.4, 0.5) is 0 Å². The summed E-state index contributed by atoms with van der Waals surface area (Å²) in [5.74, 6) is -0.484. The Bertz CT molecular complexity index is 254. The van der Waals surface area contributed by atoms with Gasteiger partial charge in [-0.15, -0.1) is 0 Å². The van der Waals surface area contributed by atoms with E-state index in [2.05, 4.69) is 4.74 Å². The number of nitrogens with zero attached hydrogens (tertiary/aromatic N) is 1. The number of carbonyl (C=O) groups is 2. The van der Waals surface area contributed by atoms with Gasteiger partial charge in [-0.1, -0.05) is 0 Å². The Kier molecular flexibility index (Phi) is 4.08. The van der Waals surface area contributed by atoms with Crippen molar-refractivity contribution in [2.75, 3.05) is 27.3 Å². The fourth-order valence-corrected chi connectivity index (χ4v) is 1.68. The van der Waals surface area contributed by atoms with E-state index in [1.54, 1.807) is 11.8 Å². The topological polar surface area (TPSA) is 55.8 Å². The van der Waals surface area contributed by atoms with Crippen LogP contribution in [0.5, 0.6) is 0 Å². The molecular formula is C10H17NO4. The summed E-state index contributed by atoms with van der Waals surface area (Å²) in [7, 11) is 2.86. The van der Waals surface area contributed by atoms with Gasteiger partial charge in [0.1, 0.15) is 6.10 Å². The van der Waals surface area contributed by atoms with E-state index in [1.807, 2.05) is 0 Å². The predicted molar refractivity (Wildman–Crippen MR) is 53.2 cm³/mol. The highest BCUT2D eigenvalue weighted by Gasteiger charge is 2.33. The van der Waals surface area contributed by atoms with E-state index < -0.39 is 6.10 Å². The second-order valence-corrected chi connectivity index (χ2v) is 3.67. The molecule has 0 aromatic carbocycles. The number of carbonyl (C=O) groups excluding carboxylic acids is 2. The smallest absolute Gasteiger partial charge is 0.310 e. The maximum atomic E-state index is 11.7. The Labute approximate surface area is 89.3 Å². The van der Waals surface area contributed by atoms with Crippen molar-refractivity contribution in [2.24, 2.45) is 5.92 Å². The molecule has 1 aliphatic rings. The molecule has 1 aliphatic heterocycles. The maximum Gasteiger partial charge on any atom is 0.310 e. The Morgan fingerprint density at radius 3 is 2.60 bits per heavy atom. The van der Waals surface area contributed by atoms with Crippen LogP contribution in [0.2, 0.25) is 0 Å². The van der Waals surface area contributed by atoms with Gasteiger partial charge in [0.2, 0.25) is 0 Å². The van der Waals surface area contributed by atoms with E-state index in [9.17, 15) is 9.59 Å². The lowest BCUT2D eigenvalue weighted by molar-refractivity contribution is -0.145. The molecule has 86 valence electrons. The minimum Gasteiger partial charge on any atom is -0.469 e. The highest BCUT2D eigenvalue weighted by Crippen LogP contribution is 2.18. The first-order valence-corrected chi connectivity index (χ1v) is 4.99. The predicted octanol–water partition coefficient (Wildman–Crippen LogP) is 0.0428. The second kappa shape index (κ2) is 5.11. The van der Waals surface area contributed by atoms with E-state index >= 15 is 0 Å². The number of hydrogen-bond acceptors (Lipinski definition) is 4. The summed E-state index contributed by atoms with van der Waals surface area (Å²) in [6, 6.07) is 0. The van der Waals surface area contributed by atoms with Crippen molar-refractivity contribution in [2.45, 2.75) is 19.4 Å². The zero-order valence-corrected chi connectivity index (χ0v) is 9.36. The van der Waals surface area contributed by atoms with E-state index in [1.165, 1.54) is 14.2 Å². The quantitative estimate of drug-likeness (QED) is 0.624. The van der Waals surface area contributed by atoms with Gasteiger partial charge in [-0.3, -0.25) is 9.59 Å². The molecule has 1 amide bonds. The van der Waals surface area contributed by atoms with Gasteiger partial charge in [0.15, 0.2) is 0 Å². The Morgan fingerprint density at radius 1 is 1.40 bits per heavy atom. The number of methoxy groups -OCH3 is 2. The fraction of sp³-hybridized carbons (Fsp3) is 0.800. The number of amides is 1. The molecule has 0 bridgehead atoms. The molecule has 1 rings (SSSR count). The summed E-state index contributed by atoms with van der Waals surface area (Å²) in [5, 5.41) is 0. The van der Waals surface area contributed by atoms with Gasteiger partial charge in [0.05, 0.1) is 13.0 Å². The normalized spacial score (nSPS) is 22.6. The number of rotatable bonds is 3. The lowest BCUT2D eigenvalue weighted by atomic mass is 10.1. The average Bonchev–Trinajstić information content (AvgIpc) is 2.75. The molecule has 5 heteroatoms. The van der Waals surface area contributed by atoms with Crippen LogP contribution in [-0.4, -0.2) is 50.2 Å². The zero-order valence-electron chi connectivity index (χ0n) is 9.36. The van der Waals surface area contributed by atoms with Gasteiger partial charge < -0.3 is 14.4 Å². The van der Waals surface area contributed by atoms with Crippen molar-refractivity contribution < 1.29 is 19.1 Å². The Hall–Kier alpha value is -1.10. The van der Waals surface area contributed by atoms with Crippen molar-refractivity contribution in [1.29, 1.82) is 0 Å². The van der Waals surface area contributed by atoms with Crippen LogP contribution >= 0.6 is 0 Å². The fourth-order valence-electron chi connectivity index (χ4n) is 1.68. The van der Waals surface area contributed by atoms with Crippen LogP contribution < -0.4 is 0 Å². The molecule has 0 spiro atoms. The summed E-state index contributed by atoms with van der Waals surface area (Å²) in [5.41, 5.74) is 0. The molecule has 5 nitrogen and oxygen atoms in total. The molecular weight excluding hydrogens is 198 g/mol. The standard InChI is InChI=1S/C10H17NO4/c1-7(14-2)9(12)11-5-4-8(6-11)10(13)15-3/h7-8H,4-6H2,1-3H3. The molecule has 0 aliphatic carbocycles. The van der Waals surface area contributed by atoms with Crippen molar-refractivity contribution in [3.05, 3.63) is 0 Å². The SMILES string of the molecule is COC(=O)C1CCN(C(=O)C(C)OC)C1. The highest BCUT2D eigenvalue weighted by atomic mass is 16.5. The van der Waals surface area contributed by atoms with Gasteiger partial charge in [-0.05, 0) is 13.3 Å². The number of ether oxygens (including phenoxy) is 2. The first-order valence-electron chi connectivity index (χ1n) is 4.99. The number of esters is 1. The van der Waals surface area contributed by atoms with Crippen LogP contribution in [0.15, 0.2) is 0 Å². The molecule has 2 unspecified atom stereocenters. The van der Waals surface area contributed by atoms with Crippen molar-refractivity contribution in [3.63, 3.8) is 0 Å². The maximum absolute atomic E-state index is 11.7. The molecule has 0 aromatic heterocycles. The van der Waals surface area contributed by atoms with Crippen molar-refractivity contribution in [1.82, 2.24) is 4.90 Å². The molecule has 0 radical (unpaired) electrons. The van der Waals surface area contributed by atoms with E-state index in [0.29, 0.717) is 19.5 Å². The summed E-state index contributed by atoms with van der Waals surface area (Å²) in [6.07, 6.45) is 0.232. The molecule has 1 saturated heterocycles. The van der Waals surface area contributed by atoms with Gasteiger partial charge in [-0.2, -0.15) is 0 Å².